The van der Waals surface area contributed by atoms with Crippen LogP contribution in [0, 0.1) is 0 Å². The molecule has 1 aromatic carbocycles. The maximum Gasteiger partial charge on any atom is 0.322 e. The van der Waals surface area contributed by atoms with Gasteiger partial charge in [-0.1, -0.05) is 23.7 Å². The summed E-state index contributed by atoms with van der Waals surface area (Å²) in [6.07, 6.45) is 0.404. The third kappa shape index (κ3) is 1.92. The van der Waals surface area contributed by atoms with Gasteiger partial charge < -0.3 is 10.2 Å². The Hall–Kier alpha value is -2.08. The molecule has 2 heterocycles. The second-order valence-corrected chi connectivity index (χ2v) is 5.35. The van der Waals surface area contributed by atoms with E-state index in [0.29, 0.717) is 23.6 Å². The predicted octanol–water partition coefficient (Wildman–Crippen LogP) is 0.764. The average Bonchev–Trinajstić information content (AvgIpc) is 2.95. The number of urea groups is 1. The zero-order chi connectivity index (χ0) is 14.3. The van der Waals surface area contributed by atoms with E-state index in [1.54, 1.807) is 24.3 Å². The van der Waals surface area contributed by atoms with Crippen molar-refractivity contribution in [1.82, 2.24) is 15.5 Å². The number of amides is 4. The van der Waals surface area contributed by atoms with Crippen molar-refractivity contribution < 1.29 is 14.4 Å². The molecule has 1 spiro atoms. The van der Waals surface area contributed by atoms with Gasteiger partial charge in [-0.15, -0.1) is 0 Å². The van der Waals surface area contributed by atoms with Crippen molar-refractivity contribution in [1.29, 1.82) is 0 Å². The first kappa shape index (κ1) is 12.9. The van der Waals surface area contributed by atoms with Crippen LogP contribution in [0.4, 0.5) is 4.79 Å². The molecule has 2 aliphatic heterocycles. The van der Waals surface area contributed by atoms with Crippen LogP contribution in [-0.2, 0) is 4.79 Å². The van der Waals surface area contributed by atoms with Gasteiger partial charge in [0.05, 0.1) is 17.1 Å². The van der Waals surface area contributed by atoms with Gasteiger partial charge in [0.25, 0.3) is 11.8 Å². The largest absolute Gasteiger partial charge is 0.336 e. The normalized spacial score (nSPS) is 24.9. The maximum atomic E-state index is 12.4. The fourth-order valence-electron chi connectivity index (χ4n) is 2.60. The standard InChI is InChI=1S/C13H12ClN3O3/c14-9-4-2-1-3-8(9)10(18)17-6-5-13(7-17)11(19)15-12(20)16-13/h1-4H,5-7H2,(H2,15,16,19,20). The van der Waals surface area contributed by atoms with Crippen molar-refractivity contribution in [2.24, 2.45) is 0 Å². The van der Waals surface area contributed by atoms with Crippen LogP contribution in [-0.4, -0.2) is 41.4 Å². The average molecular weight is 294 g/mol. The monoisotopic (exact) mass is 293 g/mol. The summed E-state index contributed by atoms with van der Waals surface area (Å²) < 4.78 is 0. The smallest absolute Gasteiger partial charge is 0.322 e. The molecule has 4 amide bonds. The van der Waals surface area contributed by atoms with Gasteiger partial charge in [0, 0.05) is 6.54 Å². The Kier molecular flexibility index (Phi) is 2.90. The van der Waals surface area contributed by atoms with Crippen LogP contribution in [0.1, 0.15) is 16.8 Å². The van der Waals surface area contributed by atoms with E-state index in [0.717, 1.165) is 0 Å². The Morgan fingerprint density at radius 2 is 2.05 bits per heavy atom. The molecule has 0 aromatic heterocycles. The van der Waals surface area contributed by atoms with Gasteiger partial charge in [-0.2, -0.15) is 0 Å². The molecule has 1 atom stereocenters. The number of rotatable bonds is 1. The molecule has 0 aliphatic carbocycles. The number of carbonyl (C=O) groups is 3. The number of nitrogens with one attached hydrogen (secondary N) is 2. The Bertz CT molecular complexity index is 619. The summed E-state index contributed by atoms with van der Waals surface area (Å²) in [6, 6.07) is 6.25. The number of hydrogen-bond donors (Lipinski definition) is 2. The van der Waals surface area contributed by atoms with Crippen LogP contribution in [0.15, 0.2) is 24.3 Å². The second-order valence-electron chi connectivity index (χ2n) is 4.95. The molecule has 0 radical (unpaired) electrons. The molecular weight excluding hydrogens is 282 g/mol. The van der Waals surface area contributed by atoms with E-state index >= 15 is 0 Å². The molecule has 0 bridgehead atoms. The topological polar surface area (TPSA) is 78.5 Å². The highest BCUT2D eigenvalue weighted by molar-refractivity contribution is 6.33. The molecule has 2 aliphatic rings. The number of likely N-dealkylation sites (tertiary alicyclic amines) is 1. The molecule has 2 fully saturated rings. The first-order valence-electron chi connectivity index (χ1n) is 6.19. The molecule has 2 N–H and O–H groups in total. The van der Waals surface area contributed by atoms with E-state index in [9.17, 15) is 14.4 Å². The molecule has 1 unspecified atom stereocenters. The first-order chi connectivity index (χ1) is 9.52. The summed E-state index contributed by atoms with van der Waals surface area (Å²) in [4.78, 5) is 37.0. The third-order valence-electron chi connectivity index (χ3n) is 3.68. The summed E-state index contributed by atoms with van der Waals surface area (Å²) in [6.45, 7) is 0.562. The number of nitrogens with zero attached hydrogens (tertiary/aromatic N) is 1. The number of imide groups is 1. The summed E-state index contributed by atoms with van der Waals surface area (Å²) in [5.74, 6) is -0.613. The van der Waals surface area contributed by atoms with E-state index < -0.39 is 11.6 Å². The fraction of sp³-hybridized carbons (Fsp3) is 0.308. The van der Waals surface area contributed by atoms with Crippen molar-refractivity contribution in [3.63, 3.8) is 0 Å². The molecule has 1 aromatic rings. The van der Waals surface area contributed by atoms with E-state index in [-0.39, 0.29) is 18.4 Å². The molecule has 0 saturated carbocycles. The first-order valence-corrected chi connectivity index (χ1v) is 6.57. The van der Waals surface area contributed by atoms with Gasteiger partial charge in [0.1, 0.15) is 5.54 Å². The van der Waals surface area contributed by atoms with E-state index in [1.807, 2.05) is 0 Å². The zero-order valence-corrected chi connectivity index (χ0v) is 11.2. The van der Waals surface area contributed by atoms with E-state index in [4.69, 9.17) is 11.6 Å². The van der Waals surface area contributed by atoms with Gasteiger partial charge in [-0.05, 0) is 18.6 Å². The van der Waals surface area contributed by atoms with Crippen molar-refractivity contribution in [3.05, 3.63) is 34.9 Å². The molecule has 104 valence electrons. The lowest BCUT2D eigenvalue weighted by atomic mass is 9.99. The lowest BCUT2D eigenvalue weighted by molar-refractivity contribution is -0.123. The fourth-order valence-corrected chi connectivity index (χ4v) is 2.82. The van der Waals surface area contributed by atoms with Gasteiger partial charge in [-0.3, -0.25) is 14.9 Å². The summed E-state index contributed by atoms with van der Waals surface area (Å²) in [5, 5.41) is 5.18. The molecule has 2 saturated heterocycles. The lowest BCUT2D eigenvalue weighted by Gasteiger charge is -2.21. The third-order valence-corrected chi connectivity index (χ3v) is 4.00. The Labute approximate surface area is 120 Å². The van der Waals surface area contributed by atoms with Crippen LogP contribution in [0.2, 0.25) is 5.02 Å². The quantitative estimate of drug-likeness (QED) is 0.751. The second kappa shape index (κ2) is 4.49. The highest BCUT2D eigenvalue weighted by Gasteiger charge is 2.51. The Balaban J connectivity index is 1.81. The number of benzene rings is 1. The molecule has 7 heteroatoms. The van der Waals surface area contributed by atoms with Gasteiger partial charge in [-0.25, -0.2) is 4.79 Å². The van der Waals surface area contributed by atoms with Crippen LogP contribution >= 0.6 is 11.6 Å². The maximum absolute atomic E-state index is 12.4. The molecular formula is C13H12ClN3O3. The lowest BCUT2D eigenvalue weighted by Crippen LogP contribution is -2.49. The van der Waals surface area contributed by atoms with E-state index in [2.05, 4.69) is 10.6 Å². The highest BCUT2D eigenvalue weighted by Crippen LogP contribution is 2.27. The van der Waals surface area contributed by atoms with Crippen LogP contribution in [0.5, 0.6) is 0 Å². The minimum absolute atomic E-state index is 0.161. The van der Waals surface area contributed by atoms with Crippen molar-refractivity contribution in [3.8, 4) is 0 Å². The van der Waals surface area contributed by atoms with Gasteiger partial charge in [0.15, 0.2) is 0 Å². The van der Waals surface area contributed by atoms with Crippen molar-refractivity contribution >= 4 is 29.4 Å². The van der Waals surface area contributed by atoms with E-state index in [1.165, 1.54) is 4.90 Å². The minimum atomic E-state index is -0.992. The van der Waals surface area contributed by atoms with Gasteiger partial charge >= 0.3 is 6.03 Å². The highest BCUT2D eigenvalue weighted by atomic mass is 35.5. The number of hydrogen-bond acceptors (Lipinski definition) is 3. The number of carbonyl (C=O) groups excluding carboxylic acids is 3. The van der Waals surface area contributed by atoms with Crippen molar-refractivity contribution in [2.75, 3.05) is 13.1 Å². The molecule has 20 heavy (non-hydrogen) atoms. The molecule has 3 rings (SSSR count). The Morgan fingerprint density at radius 3 is 2.70 bits per heavy atom. The van der Waals surface area contributed by atoms with Crippen molar-refractivity contribution in [2.45, 2.75) is 12.0 Å². The van der Waals surface area contributed by atoms with Gasteiger partial charge in [0.2, 0.25) is 0 Å². The Morgan fingerprint density at radius 1 is 1.30 bits per heavy atom. The van der Waals surface area contributed by atoms with Crippen LogP contribution in [0.25, 0.3) is 0 Å². The SMILES string of the molecule is O=C1NC(=O)C2(CCN(C(=O)c3ccccc3Cl)C2)N1. The molecule has 6 nitrogen and oxygen atoms in total. The summed E-state index contributed by atoms with van der Waals surface area (Å²) >= 11 is 6.00. The summed E-state index contributed by atoms with van der Waals surface area (Å²) in [5.41, 5.74) is -0.593. The predicted molar refractivity (Wildman–Crippen MR) is 71.4 cm³/mol. The van der Waals surface area contributed by atoms with Crippen LogP contribution < -0.4 is 10.6 Å². The number of halogens is 1. The zero-order valence-electron chi connectivity index (χ0n) is 10.5. The summed E-state index contributed by atoms with van der Waals surface area (Å²) in [7, 11) is 0. The minimum Gasteiger partial charge on any atom is -0.336 e. The van der Waals surface area contributed by atoms with Crippen LogP contribution in [0.3, 0.4) is 0 Å².